The Kier molecular flexibility index (Phi) is 8.04. The molecule has 1 saturated heterocycles. The van der Waals surface area contributed by atoms with Crippen molar-refractivity contribution in [2.24, 2.45) is 0 Å². The zero-order chi connectivity index (χ0) is 25.9. The van der Waals surface area contributed by atoms with Gasteiger partial charge in [-0.15, -0.1) is 0 Å². The molecule has 0 atom stereocenters. The summed E-state index contributed by atoms with van der Waals surface area (Å²) >= 11 is 12.8. The molecule has 1 N–H and O–H groups in total. The van der Waals surface area contributed by atoms with Gasteiger partial charge >= 0.3 is 0 Å². The third-order valence-corrected chi connectivity index (χ3v) is 7.21. The van der Waals surface area contributed by atoms with Crippen molar-refractivity contribution in [1.29, 1.82) is 0 Å². The van der Waals surface area contributed by atoms with E-state index in [2.05, 4.69) is 19.7 Å². The van der Waals surface area contributed by atoms with Gasteiger partial charge in [-0.1, -0.05) is 43.1 Å². The van der Waals surface area contributed by atoms with Crippen LogP contribution in [0.1, 0.15) is 25.3 Å². The quantitative estimate of drug-likeness (QED) is 0.394. The summed E-state index contributed by atoms with van der Waals surface area (Å²) < 4.78 is 45.5. The monoisotopic (exact) mass is 553 g/mol. The average molecular weight is 554 g/mol. The van der Waals surface area contributed by atoms with Crippen LogP contribution in [0.15, 0.2) is 41.6 Å². The van der Waals surface area contributed by atoms with Gasteiger partial charge in [0.1, 0.15) is 11.5 Å². The lowest BCUT2D eigenvalue weighted by Gasteiger charge is -2.27. The molecule has 0 unspecified atom stereocenters. The van der Waals surface area contributed by atoms with Gasteiger partial charge in [-0.2, -0.15) is 18.4 Å². The predicted octanol–water partition coefficient (Wildman–Crippen LogP) is 4.74. The fraction of sp³-hybridized carbons (Fsp3) is 0.348. The number of benzene rings is 1. The summed E-state index contributed by atoms with van der Waals surface area (Å²) in [4.78, 5) is 14.7. The minimum Gasteiger partial charge on any atom is -0.497 e. The first kappa shape index (κ1) is 26.2. The molecule has 10 nitrogen and oxygen atoms in total. The van der Waals surface area contributed by atoms with Crippen molar-refractivity contribution in [3.63, 3.8) is 0 Å². The number of sulfonamides is 1. The average Bonchev–Trinajstić information content (AvgIpc) is 2.87. The van der Waals surface area contributed by atoms with Crippen molar-refractivity contribution in [3.8, 4) is 17.2 Å². The summed E-state index contributed by atoms with van der Waals surface area (Å²) in [6, 6.07) is 7.93. The van der Waals surface area contributed by atoms with Crippen LogP contribution in [-0.4, -0.2) is 56.8 Å². The number of nitrogens with one attached hydrogen (secondary N) is 1. The largest absolute Gasteiger partial charge is 0.497 e. The second-order valence-corrected chi connectivity index (χ2v) is 10.6. The molecule has 0 bridgehead atoms. The zero-order valence-corrected chi connectivity index (χ0v) is 22.2. The van der Waals surface area contributed by atoms with E-state index in [-0.39, 0.29) is 44.4 Å². The molecule has 1 aliphatic rings. The van der Waals surface area contributed by atoms with Crippen molar-refractivity contribution < 1.29 is 22.6 Å². The molecule has 1 aromatic carbocycles. The summed E-state index contributed by atoms with van der Waals surface area (Å²) in [5, 5.41) is -0.0324. The predicted molar refractivity (Wildman–Crippen MR) is 137 cm³/mol. The smallest absolute Gasteiger partial charge is 0.280 e. The summed E-state index contributed by atoms with van der Waals surface area (Å²) in [5.41, 5.74) is 0.908. The van der Waals surface area contributed by atoms with Crippen molar-refractivity contribution in [2.45, 2.75) is 24.8 Å². The lowest BCUT2D eigenvalue weighted by molar-refractivity contribution is 0.122. The number of hydrogen-bond donors (Lipinski definition) is 1. The van der Waals surface area contributed by atoms with Crippen LogP contribution in [0.2, 0.25) is 10.2 Å². The topological polar surface area (TPSA) is 116 Å². The Morgan fingerprint density at radius 3 is 2.50 bits per heavy atom. The fourth-order valence-corrected chi connectivity index (χ4v) is 4.64. The Bertz CT molecular complexity index is 1330. The minimum absolute atomic E-state index is 0.105. The number of nitrogens with zero attached hydrogens (tertiary/aromatic N) is 4. The van der Waals surface area contributed by atoms with Crippen LogP contribution in [0.4, 0.5) is 11.8 Å². The molecular formula is C23H25Cl2N5O5S. The Morgan fingerprint density at radius 2 is 1.86 bits per heavy atom. The van der Waals surface area contributed by atoms with Crippen LogP contribution < -0.4 is 19.1 Å². The van der Waals surface area contributed by atoms with Crippen molar-refractivity contribution >= 4 is 45.0 Å². The zero-order valence-electron chi connectivity index (χ0n) is 19.9. The number of ether oxygens (including phenoxy) is 3. The number of halogens is 2. The third kappa shape index (κ3) is 5.92. The Labute approximate surface area is 219 Å². The van der Waals surface area contributed by atoms with E-state index in [9.17, 15) is 8.42 Å². The molecule has 192 valence electrons. The maximum Gasteiger partial charge on any atom is 0.280 e. The van der Waals surface area contributed by atoms with E-state index in [4.69, 9.17) is 37.4 Å². The molecule has 0 aliphatic carbocycles. The molecule has 3 aromatic rings. The van der Waals surface area contributed by atoms with Gasteiger partial charge in [-0.05, 0) is 29.7 Å². The number of pyridine rings is 1. The Balaban J connectivity index is 1.75. The van der Waals surface area contributed by atoms with E-state index in [0.29, 0.717) is 32.1 Å². The normalized spacial score (nSPS) is 14.1. The maximum atomic E-state index is 13.2. The summed E-state index contributed by atoms with van der Waals surface area (Å²) in [6.45, 7) is 5.97. The highest BCUT2D eigenvalue weighted by Gasteiger charge is 2.26. The molecule has 13 heteroatoms. The maximum absolute atomic E-state index is 13.2. The lowest BCUT2D eigenvalue weighted by Crippen LogP contribution is -2.37. The van der Waals surface area contributed by atoms with E-state index in [0.717, 1.165) is 5.56 Å². The first-order valence-electron chi connectivity index (χ1n) is 11.1. The lowest BCUT2D eigenvalue weighted by atomic mass is 10.1. The number of morpholine rings is 1. The van der Waals surface area contributed by atoms with Gasteiger partial charge in [-0.3, -0.25) is 4.72 Å². The summed E-state index contributed by atoms with van der Waals surface area (Å²) in [5.74, 6) is 0.810. The second-order valence-electron chi connectivity index (χ2n) is 8.18. The van der Waals surface area contributed by atoms with Gasteiger partial charge in [0, 0.05) is 25.4 Å². The van der Waals surface area contributed by atoms with Crippen molar-refractivity contribution in [3.05, 3.63) is 52.3 Å². The SMILES string of the molecule is COc1ccc(Cl)c(Oc2c(Cl)nc(N3CCOCC3)nc2NS(=O)(=O)c2ccc(C(C)C)cn2)c1. The summed E-state index contributed by atoms with van der Waals surface area (Å²) in [6.07, 6.45) is 1.53. The number of rotatable bonds is 8. The molecule has 2 aromatic heterocycles. The molecule has 0 saturated carbocycles. The van der Waals surface area contributed by atoms with E-state index < -0.39 is 10.0 Å². The molecule has 0 amide bonds. The Hall–Kier alpha value is -2.86. The van der Waals surface area contributed by atoms with E-state index in [1.54, 1.807) is 24.3 Å². The highest BCUT2D eigenvalue weighted by Crippen LogP contribution is 2.40. The standard InChI is InChI=1S/C23H25Cl2N5O5S/c1-14(2)15-4-7-19(26-13-15)36(31,32)29-22-20(35-18-12-16(33-3)5-6-17(18)24)21(25)27-23(28-22)30-8-10-34-11-9-30/h4-7,12-14H,8-11H2,1-3H3,(H,27,28,29). The molecule has 3 heterocycles. The van der Waals surface area contributed by atoms with Crippen LogP contribution >= 0.6 is 23.2 Å². The van der Waals surface area contributed by atoms with Crippen molar-refractivity contribution in [1.82, 2.24) is 15.0 Å². The van der Waals surface area contributed by atoms with Gasteiger partial charge in [0.05, 0.1) is 25.3 Å². The van der Waals surface area contributed by atoms with E-state index in [1.807, 2.05) is 18.7 Å². The molecule has 36 heavy (non-hydrogen) atoms. The van der Waals surface area contributed by atoms with Gasteiger partial charge < -0.3 is 19.1 Å². The van der Waals surface area contributed by atoms with Gasteiger partial charge in [-0.25, -0.2) is 4.98 Å². The minimum atomic E-state index is -4.15. The third-order valence-electron chi connectivity index (χ3n) is 5.39. The van der Waals surface area contributed by atoms with Crippen LogP contribution in [-0.2, 0) is 14.8 Å². The Morgan fingerprint density at radius 1 is 1.11 bits per heavy atom. The number of methoxy groups -OCH3 is 1. The van der Waals surface area contributed by atoms with Crippen LogP contribution in [0.25, 0.3) is 0 Å². The van der Waals surface area contributed by atoms with Crippen LogP contribution in [0, 0.1) is 0 Å². The molecular weight excluding hydrogens is 529 g/mol. The molecule has 0 radical (unpaired) electrons. The molecule has 1 fully saturated rings. The molecule has 4 rings (SSSR count). The van der Waals surface area contributed by atoms with Crippen LogP contribution in [0.5, 0.6) is 17.2 Å². The molecule has 1 aliphatic heterocycles. The number of anilines is 2. The molecule has 0 spiro atoms. The number of hydrogen-bond acceptors (Lipinski definition) is 9. The van der Waals surface area contributed by atoms with E-state index >= 15 is 0 Å². The number of aromatic nitrogens is 3. The second kappa shape index (κ2) is 11.0. The first-order valence-corrected chi connectivity index (χ1v) is 13.3. The van der Waals surface area contributed by atoms with Gasteiger partial charge in [0.25, 0.3) is 10.0 Å². The van der Waals surface area contributed by atoms with Gasteiger partial charge in [0.15, 0.2) is 16.0 Å². The summed E-state index contributed by atoms with van der Waals surface area (Å²) in [7, 11) is -2.65. The highest BCUT2D eigenvalue weighted by atomic mass is 35.5. The highest BCUT2D eigenvalue weighted by molar-refractivity contribution is 7.92. The van der Waals surface area contributed by atoms with E-state index in [1.165, 1.54) is 19.4 Å². The van der Waals surface area contributed by atoms with Crippen molar-refractivity contribution in [2.75, 3.05) is 43.0 Å². The first-order chi connectivity index (χ1) is 17.2. The van der Waals surface area contributed by atoms with Crippen LogP contribution in [0.3, 0.4) is 0 Å². The fourth-order valence-electron chi connectivity index (χ4n) is 3.35. The van der Waals surface area contributed by atoms with Gasteiger partial charge in [0.2, 0.25) is 11.7 Å².